The quantitative estimate of drug-likeness (QED) is 0.817. The largest absolute Gasteiger partial charge is 0.370 e. The van der Waals surface area contributed by atoms with Gasteiger partial charge in [-0.15, -0.1) is 0 Å². The van der Waals surface area contributed by atoms with Crippen LogP contribution in [0, 0.1) is 0 Å². The second-order valence-corrected chi connectivity index (χ2v) is 3.79. The van der Waals surface area contributed by atoms with Crippen LogP contribution in [-0.4, -0.2) is 9.97 Å². The third-order valence-corrected chi connectivity index (χ3v) is 2.55. The van der Waals surface area contributed by atoms with Gasteiger partial charge < -0.3 is 5.32 Å². The van der Waals surface area contributed by atoms with Crippen molar-refractivity contribution in [3.63, 3.8) is 0 Å². The highest BCUT2D eigenvalue weighted by molar-refractivity contribution is 7.80. The Morgan fingerprint density at radius 2 is 1.81 bits per heavy atom. The molecule has 0 atom stereocenters. The Labute approximate surface area is 100 Å². The number of hydrogen-bond acceptors (Lipinski definition) is 2. The van der Waals surface area contributed by atoms with Crippen molar-refractivity contribution in [2.75, 3.05) is 0 Å². The molecule has 0 fully saturated rings. The summed E-state index contributed by atoms with van der Waals surface area (Å²) in [6.45, 7) is 0.732. The standard InChI is InChI=1S/C13H12N2S/c16-13(12-8-4-5-9-14-12)15-10-11-6-2-1-3-7-11/h1-9H,10H2,(H,15,16). The first-order chi connectivity index (χ1) is 7.86. The summed E-state index contributed by atoms with van der Waals surface area (Å²) in [5.74, 6) is 0. The lowest BCUT2D eigenvalue weighted by atomic mass is 10.2. The Kier molecular flexibility index (Phi) is 3.62. The molecule has 1 aromatic heterocycles. The van der Waals surface area contributed by atoms with E-state index in [4.69, 9.17) is 12.2 Å². The first-order valence-corrected chi connectivity index (χ1v) is 5.50. The van der Waals surface area contributed by atoms with Crippen molar-refractivity contribution < 1.29 is 0 Å². The molecule has 0 spiro atoms. The molecule has 2 aromatic rings. The van der Waals surface area contributed by atoms with Gasteiger partial charge >= 0.3 is 0 Å². The number of nitrogens with zero attached hydrogens (tertiary/aromatic N) is 1. The van der Waals surface area contributed by atoms with Crippen molar-refractivity contribution in [2.24, 2.45) is 0 Å². The van der Waals surface area contributed by atoms with Crippen LogP contribution in [0.2, 0.25) is 0 Å². The van der Waals surface area contributed by atoms with Crippen LogP contribution < -0.4 is 5.32 Å². The summed E-state index contributed by atoms with van der Waals surface area (Å²) in [4.78, 5) is 4.87. The van der Waals surface area contributed by atoms with E-state index in [2.05, 4.69) is 22.4 Å². The smallest absolute Gasteiger partial charge is 0.125 e. The zero-order valence-corrected chi connectivity index (χ0v) is 9.58. The highest BCUT2D eigenvalue weighted by Crippen LogP contribution is 1.99. The van der Waals surface area contributed by atoms with Gasteiger partial charge in [-0.25, -0.2) is 0 Å². The molecule has 80 valence electrons. The Balaban J connectivity index is 1.95. The monoisotopic (exact) mass is 228 g/mol. The van der Waals surface area contributed by atoms with Crippen LogP contribution in [0.15, 0.2) is 54.7 Å². The van der Waals surface area contributed by atoms with E-state index in [-0.39, 0.29) is 0 Å². The predicted octanol–water partition coefficient (Wildman–Crippen LogP) is 2.55. The van der Waals surface area contributed by atoms with Gasteiger partial charge in [-0.2, -0.15) is 0 Å². The second-order valence-electron chi connectivity index (χ2n) is 3.38. The minimum absolute atomic E-state index is 0.685. The van der Waals surface area contributed by atoms with Gasteiger partial charge in [0.1, 0.15) is 4.99 Å². The Hall–Kier alpha value is -1.74. The van der Waals surface area contributed by atoms with Gasteiger partial charge in [-0.1, -0.05) is 48.6 Å². The molecule has 3 heteroatoms. The van der Waals surface area contributed by atoms with Crippen molar-refractivity contribution in [1.29, 1.82) is 0 Å². The molecule has 0 aliphatic rings. The Morgan fingerprint density at radius 3 is 2.50 bits per heavy atom. The maximum Gasteiger partial charge on any atom is 0.125 e. The first-order valence-electron chi connectivity index (χ1n) is 5.09. The van der Waals surface area contributed by atoms with Crippen LogP contribution in [0.5, 0.6) is 0 Å². The zero-order valence-electron chi connectivity index (χ0n) is 8.76. The topological polar surface area (TPSA) is 24.9 Å². The molecular weight excluding hydrogens is 216 g/mol. The van der Waals surface area contributed by atoms with Crippen molar-refractivity contribution >= 4 is 17.2 Å². The average molecular weight is 228 g/mol. The third kappa shape index (κ3) is 2.87. The van der Waals surface area contributed by atoms with E-state index in [0.29, 0.717) is 4.99 Å². The van der Waals surface area contributed by atoms with Gasteiger partial charge in [0.25, 0.3) is 0 Å². The van der Waals surface area contributed by atoms with Crippen LogP contribution in [0.3, 0.4) is 0 Å². The number of thiocarbonyl (C=S) groups is 1. The number of pyridine rings is 1. The maximum absolute atomic E-state index is 5.25. The summed E-state index contributed by atoms with van der Waals surface area (Å²) in [5.41, 5.74) is 2.02. The van der Waals surface area contributed by atoms with Gasteiger partial charge in [-0.3, -0.25) is 4.98 Å². The number of benzene rings is 1. The summed E-state index contributed by atoms with van der Waals surface area (Å²) in [5, 5.41) is 3.18. The number of aromatic nitrogens is 1. The molecule has 0 amide bonds. The molecule has 0 radical (unpaired) electrons. The minimum atomic E-state index is 0.685. The van der Waals surface area contributed by atoms with E-state index >= 15 is 0 Å². The first kappa shape index (κ1) is 10.8. The normalized spacial score (nSPS) is 9.75. The molecule has 1 heterocycles. The highest BCUT2D eigenvalue weighted by Gasteiger charge is 2.00. The van der Waals surface area contributed by atoms with Gasteiger partial charge in [-0.05, 0) is 17.7 Å². The number of nitrogens with one attached hydrogen (secondary N) is 1. The van der Waals surface area contributed by atoms with E-state index in [9.17, 15) is 0 Å². The zero-order chi connectivity index (χ0) is 11.2. The fraction of sp³-hybridized carbons (Fsp3) is 0.0769. The van der Waals surface area contributed by atoms with Crippen molar-refractivity contribution in [3.05, 3.63) is 66.0 Å². The predicted molar refractivity (Wildman–Crippen MR) is 69.2 cm³/mol. The number of rotatable bonds is 3. The van der Waals surface area contributed by atoms with Gasteiger partial charge in [0.05, 0.1) is 5.69 Å². The maximum atomic E-state index is 5.25. The summed E-state index contributed by atoms with van der Waals surface area (Å²) in [7, 11) is 0. The van der Waals surface area contributed by atoms with E-state index in [1.165, 1.54) is 5.56 Å². The molecule has 0 aliphatic heterocycles. The summed E-state index contributed by atoms with van der Waals surface area (Å²) >= 11 is 5.25. The van der Waals surface area contributed by atoms with E-state index in [0.717, 1.165) is 12.2 Å². The average Bonchev–Trinajstić information content (AvgIpc) is 2.38. The van der Waals surface area contributed by atoms with E-state index in [1.54, 1.807) is 6.20 Å². The van der Waals surface area contributed by atoms with Crippen molar-refractivity contribution in [1.82, 2.24) is 10.3 Å². The third-order valence-electron chi connectivity index (χ3n) is 2.19. The fourth-order valence-electron chi connectivity index (χ4n) is 1.37. The molecule has 2 rings (SSSR count). The van der Waals surface area contributed by atoms with Crippen LogP contribution in [0.1, 0.15) is 11.3 Å². The van der Waals surface area contributed by atoms with Crippen molar-refractivity contribution in [3.8, 4) is 0 Å². The molecular formula is C13H12N2S. The summed E-state index contributed by atoms with van der Waals surface area (Å²) < 4.78 is 0. The molecule has 0 saturated heterocycles. The molecule has 0 bridgehead atoms. The van der Waals surface area contributed by atoms with Gasteiger partial charge in [0.2, 0.25) is 0 Å². The number of hydrogen-bond donors (Lipinski definition) is 1. The minimum Gasteiger partial charge on any atom is -0.370 e. The molecule has 16 heavy (non-hydrogen) atoms. The van der Waals surface area contributed by atoms with Crippen LogP contribution in [-0.2, 0) is 6.54 Å². The molecule has 1 N–H and O–H groups in total. The summed E-state index contributed by atoms with van der Waals surface area (Å²) in [6.07, 6.45) is 1.74. The SMILES string of the molecule is S=C(NCc1ccccc1)c1ccccn1. The highest BCUT2D eigenvalue weighted by atomic mass is 32.1. The van der Waals surface area contributed by atoms with E-state index in [1.807, 2.05) is 36.4 Å². The van der Waals surface area contributed by atoms with Gasteiger partial charge in [0, 0.05) is 12.7 Å². The lowest BCUT2D eigenvalue weighted by Gasteiger charge is -2.06. The Bertz CT molecular complexity index is 454. The molecule has 0 saturated carbocycles. The Morgan fingerprint density at radius 1 is 1.06 bits per heavy atom. The lowest BCUT2D eigenvalue weighted by Crippen LogP contribution is -2.22. The van der Waals surface area contributed by atoms with Gasteiger partial charge in [0.15, 0.2) is 0 Å². The van der Waals surface area contributed by atoms with Crippen LogP contribution in [0.25, 0.3) is 0 Å². The molecule has 0 aliphatic carbocycles. The second kappa shape index (κ2) is 5.37. The summed E-state index contributed by atoms with van der Waals surface area (Å²) in [6, 6.07) is 15.9. The van der Waals surface area contributed by atoms with Crippen molar-refractivity contribution in [2.45, 2.75) is 6.54 Å². The molecule has 1 aromatic carbocycles. The van der Waals surface area contributed by atoms with E-state index < -0.39 is 0 Å². The lowest BCUT2D eigenvalue weighted by molar-refractivity contribution is 0.924. The molecule has 0 unspecified atom stereocenters. The van der Waals surface area contributed by atoms with Crippen LogP contribution in [0.4, 0.5) is 0 Å². The fourth-order valence-corrected chi connectivity index (χ4v) is 1.56. The molecule has 2 nitrogen and oxygen atoms in total. The van der Waals surface area contributed by atoms with Crippen LogP contribution >= 0.6 is 12.2 Å².